The number of rotatable bonds is 4. The molecule has 0 bridgehead atoms. The highest BCUT2D eigenvalue weighted by molar-refractivity contribution is 6.24. The molecule has 2 heterocycles. The first-order valence-electron chi connectivity index (χ1n) is 16.4. The number of imide groups is 1. The number of piperidine rings is 1. The molecule has 3 aromatic rings. The molecular weight excluding hydrogens is 576 g/mol. The lowest BCUT2D eigenvalue weighted by atomic mass is 9.59. The molecule has 2 saturated heterocycles. The highest BCUT2D eigenvalue weighted by Crippen LogP contribution is 2.57. The van der Waals surface area contributed by atoms with E-state index < -0.39 is 23.7 Å². The Bertz CT molecular complexity index is 1910. The summed E-state index contributed by atoms with van der Waals surface area (Å²) in [6.45, 7) is 4.11. The number of benzene rings is 3. The number of nitrogens with zero attached hydrogens (tertiary/aromatic N) is 2. The molecule has 8 rings (SSSR count). The van der Waals surface area contributed by atoms with E-state index in [9.17, 15) is 24.3 Å². The van der Waals surface area contributed by atoms with Gasteiger partial charge in [-0.15, -0.1) is 0 Å². The van der Waals surface area contributed by atoms with Gasteiger partial charge in [0.15, 0.2) is 11.6 Å². The summed E-state index contributed by atoms with van der Waals surface area (Å²) in [5.41, 5.74) is 3.84. The number of aromatic hydroxyl groups is 1. The maximum Gasteiger partial charge on any atom is 0.233 e. The van der Waals surface area contributed by atoms with Crippen LogP contribution in [-0.4, -0.2) is 57.4 Å². The Hall–Kier alpha value is -4.62. The highest BCUT2D eigenvalue weighted by atomic mass is 16.3. The number of Topliss-reactive ketones (excluding diaryl/α,β-unsaturated/α-hetero) is 1. The first kappa shape index (κ1) is 28.8. The van der Waals surface area contributed by atoms with Gasteiger partial charge in [0.25, 0.3) is 0 Å². The molecule has 0 aromatic heterocycles. The van der Waals surface area contributed by atoms with Crippen LogP contribution in [0.25, 0.3) is 10.8 Å². The maximum absolute atomic E-state index is 14.4. The predicted molar refractivity (Wildman–Crippen MR) is 174 cm³/mol. The van der Waals surface area contributed by atoms with Gasteiger partial charge >= 0.3 is 0 Å². The summed E-state index contributed by atoms with van der Waals surface area (Å²) in [5.74, 6) is -2.77. The number of hydrogen-bond acceptors (Lipinski definition) is 6. The number of fused-ring (bicyclic) bond motifs is 4. The predicted octanol–water partition coefficient (Wildman–Crippen LogP) is 5.64. The van der Waals surface area contributed by atoms with Gasteiger partial charge in [-0.05, 0) is 55.6 Å². The number of amides is 2. The molecule has 2 fully saturated rings. The van der Waals surface area contributed by atoms with Crippen LogP contribution in [0.4, 0.5) is 0 Å². The fourth-order valence-corrected chi connectivity index (χ4v) is 8.78. The molecular formula is C39H36N2O5. The second-order valence-corrected chi connectivity index (χ2v) is 13.5. The fourth-order valence-electron chi connectivity index (χ4n) is 8.78. The van der Waals surface area contributed by atoms with E-state index in [-0.39, 0.29) is 41.6 Å². The molecule has 46 heavy (non-hydrogen) atoms. The van der Waals surface area contributed by atoms with E-state index in [4.69, 9.17) is 0 Å². The van der Waals surface area contributed by atoms with Gasteiger partial charge < -0.3 is 5.11 Å². The third-order valence-corrected chi connectivity index (χ3v) is 11.0. The molecule has 5 aliphatic rings. The average Bonchev–Trinajstić information content (AvgIpc) is 3.33. The van der Waals surface area contributed by atoms with Crippen molar-refractivity contribution in [1.82, 2.24) is 9.80 Å². The first-order valence-corrected chi connectivity index (χ1v) is 16.4. The molecule has 3 aromatic carbocycles. The van der Waals surface area contributed by atoms with Crippen LogP contribution in [0, 0.1) is 17.8 Å². The Morgan fingerprint density at radius 3 is 2.37 bits per heavy atom. The highest BCUT2D eigenvalue weighted by Gasteiger charge is 2.57. The molecule has 1 N–H and O–H groups in total. The molecule has 3 aliphatic carbocycles. The quantitative estimate of drug-likeness (QED) is 0.233. The third kappa shape index (κ3) is 4.43. The first-order chi connectivity index (χ1) is 22.3. The van der Waals surface area contributed by atoms with Gasteiger partial charge in [-0.1, -0.05) is 78.4 Å². The van der Waals surface area contributed by atoms with E-state index in [1.165, 1.54) is 11.6 Å². The van der Waals surface area contributed by atoms with Crippen LogP contribution in [0.2, 0.25) is 0 Å². The number of ketones is 2. The van der Waals surface area contributed by atoms with Gasteiger partial charge in [-0.25, -0.2) is 0 Å². The second-order valence-electron chi connectivity index (χ2n) is 13.5. The van der Waals surface area contributed by atoms with Gasteiger partial charge in [0.05, 0.1) is 11.8 Å². The number of allylic oxidation sites excluding steroid dienone is 6. The van der Waals surface area contributed by atoms with Crippen molar-refractivity contribution in [2.45, 2.75) is 51.1 Å². The molecule has 4 atom stereocenters. The Labute approximate surface area is 267 Å². The van der Waals surface area contributed by atoms with Gasteiger partial charge in [0, 0.05) is 59.3 Å². The zero-order valence-electron chi connectivity index (χ0n) is 25.8. The number of carbonyl (C=O) groups excluding carboxylic acids is 4. The smallest absolute Gasteiger partial charge is 0.233 e. The van der Waals surface area contributed by atoms with Crippen molar-refractivity contribution in [2.75, 3.05) is 13.1 Å². The summed E-state index contributed by atoms with van der Waals surface area (Å²) < 4.78 is 0. The molecule has 0 unspecified atom stereocenters. The number of hydrogen-bond donors (Lipinski definition) is 1. The molecule has 7 heteroatoms. The molecule has 0 spiro atoms. The average molecular weight is 613 g/mol. The standard InChI is InChI=1S/C39H36N2O5/c1-22-19-32(42)31-20-30-27(33(35(31)36(22)43)28-12-11-24-9-5-6-10-26(24)37(28)44)13-14-29-34(30)39(46)41(38(29)45)25-15-17-40(18-16-25)21-23-7-3-2-4-8-23/h2-13,19,25,29-30,33-34,44H,14-18,20-21H2,1H3/t29-,30+,33+,34-/m0/s1. The Balaban J connectivity index is 1.13. The summed E-state index contributed by atoms with van der Waals surface area (Å²) in [5, 5.41) is 13.1. The van der Waals surface area contributed by atoms with Crippen LogP contribution in [-0.2, 0) is 25.7 Å². The van der Waals surface area contributed by atoms with E-state index >= 15 is 0 Å². The largest absolute Gasteiger partial charge is 0.507 e. The minimum atomic E-state index is -0.669. The Kier molecular flexibility index (Phi) is 6.91. The van der Waals surface area contributed by atoms with Gasteiger partial charge in [0.1, 0.15) is 5.75 Å². The van der Waals surface area contributed by atoms with Crippen molar-refractivity contribution in [1.29, 1.82) is 0 Å². The third-order valence-electron chi connectivity index (χ3n) is 11.0. The zero-order valence-corrected chi connectivity index (χ0v) is 25.8. The van der Waals surface area contributed by atoms with Crippen molar-refractivity contribution in [3.63, 3.8) is 0 Å². The minimum Gasteiger partial charge on any atom is -0.507 e. The van der Waals surface area contributed by atoms with E-state index in [1.54, 1.807) is 11.8 Å². The van der Waals surface area contributed by atoms with E-state index in [0.29, 0.717) is 34.1 Å². The van der Waals surface area contributed by atoms with Crippen LogP contribution in [0.15, 0.2) is 101 Å². The number of carbonyl (C=O) groups is 4. The van der Waals surface area contributed by atoms with Crippen molar-refractivity contribution >= 4 is 34.2 Å². The number of phenols is 1. The Morgan fingerprint density at radius 1 is 0.848 bits per heavy atom. The molecule has 2 amide bonds. The fraction of sp³-hybridized carbons (Fsp3) is 0.333. The molecule has 0 saturated carbocycles. The lowest BCUT2D eigenvalue weighted by Gasteiger charge is -2.42. The monoisotopic (exact) mass is 612 g/mol. The summed E-state index contributed by atoms with van der Waals surface area (Å²) in [6, 6.07) is 21.5. The summed E-state index contributed by atoms with van der Waals surface area (Å²) in [4.78, 5) is 59.5. The summed E-state index contributed by atoms with van der Waals surface area (Å²) >= 11 is 0. The van der Waals surface area contributed by atoms with Crippen molar-refractivity contribution in [3.05, 3.63) is 112 Å². The van der Waals surface area contributed by atoms with Crippen LogP contribution in [0.5, 0.6) is 5.75 Å². The lowest BCUT2D eigenvalue weighted by molar-refractivity contribution is -0.144. The number of phenolic OH excluding ortho intramolecular Hbond substituents is 1. The lowest BCUT2D eigenvalue weighted by Crippen LogP contribution is -2.47. The second kappa shape index (κ2) is 11.0. The van der Waals surface area contributed by atoms with Crippen LogP contribution in [0.3, 0.4) is 0 Å². The van der Waals surface area contributed by atoms with Crippen molar-refractivity contribution < 1.29 is 24.3 Å². The SMILES string of the molecule is CC1=CC(=O)C2=C(C1=O)[C@@H](c1ccc3ccccc3c1O)C1=CC[C@@H]3C(=O)N(C4CCN(Cc5ccccc5)CC4)C(=O)[C@@H]3[C@@H]1C2. The van der Waals surface area contributed by atoms with Gasteiger partial charge in [-0.2, -0.15) is 0 Å². The van der Waals surface area contributed by atoms with Gasteiger partial charge in [0.2, 0.25) is 11.8 Å². The van der Waals surface area contributed by atoms with Crippen molar-refractivity contribution in [3.8, 4) is 5.75 Å². The van der Waals surface area contributed by atoms with Crippen LogP contribution >= 0.6 is 0 Å². The zero-order chi connectivity index (χ0) is 31.7. The molecule has 232 valence electrons. The van der Waals surface area contributed by atoms with Crippen molar-refractivity contribution in [2.24, 2.45) is 17.8 Å². The van der Waals surface area contributed by atoms with E-state index in [1.807, 2.05) is 60.7 Å². The summed E-state index contributed by atoms with van der Waals surface area (Å²) in [6.07, 6.45) is 5.52. The molecule has 0 radical (unpaired) electrons. The Morgan fingerprint density at radius 2 is 1.59 bits per heavy atom. The number of likely N-dealkylation sites (tertiary alicyclic amines) is 2. The topological polar surface area (TPSA) is 95.0 Å². The van der Waals surface area contributed by atoms with Gasteiger partial charge in [-0.3, -0.25) is 29.0 Å². The summed E-state index contributed by atoms with van der Waals surface area (Å²) in [7, 11) is 0. The van der Waals surface area contributed by atoms with Crippen LogP contribution in [0.1, 0.15) is 49.7 Å². The normalized spacial score (nSPS) is 27.0. The van der Waals surface area contributed by atoms with E-state index in [2.05, 4.69) is 17.0 Å². The van der Waals surface area contributed by atoms with E-state index in [0.717, 1.165) is 43.4 Å². The van der Waals surface area contributed by atoms with Crippen LogP contribution < -0.4 is 0 Å². The minimum absolute atomic E-state index is 0.0730. The molecule has 2 aliphatic heterocycles. The maximum atomic E-state index is 14.4. The molecule has 7 nitrogen and oxygen atoms in total.